The summed E-state index contributed by atoms with van der Waals surface area (Å²) in [5, 5.41) is 10.5. The topological polar surface area (TPSA) is 108 Å². The number of nitrogens with one attached hydrogen (secondary N) is 1. The quantitative estimate of drug-likeness (QED) is 0.485. The highest BCUT2D eigenvalue weighted by atomic mass is 35.5. The number of rotatable bonds is 7. The smallest absolute Gasteiger partial charge is 0.261 e. The van der Waals surface area contributed by atoms with Gasteiger partial charge in [0.15, 0.2) is 0 Å². The Morgan fingerprint density at radius 1 is 1.15 bits per heavy atom. The fourth-order valence-corrected chi connectivity index (χ4v) is 5.81. The third-order valence-corrected chi connectivity index (χ3v) is 8.62. The first-order valence-corrected chi connectivity index (χ1v) is 15.5. The number of nitrogens with zero attached hydrogens (tertiary/aromatic N) is 2. The van der Waals surface area contributed by atoms with E-state index in [2.05, 4.69) is 9.62 Å². The number of ether oxygens (including phenoxy) is 2. The lowest BCUT2D eigenvalue weighted by atomic mass is 10.0. The minimum Gasteiger partial charge on any atom is -0.490 e. The molecule has 0 saturated heterocycles. The molecule has 1 amide bonds. The normalized spacial score (nSPS) is 22.2. The molecule has 0 radical (unpaired) electrons. The van der Waals surface area contributed by atoms with Gasteiger partial charge in [-0.05, 0) is 89.7 Å². The standard InChI is InChI=1S/C29H42ClN3O6S/c1-20-17-33(21(2)19-34)29(35)26-16-24(31-40(36,37)25-12-9-23(30)10-13-25)11-14-27(26)39-22(3)8-6-7-15-38-28(20)18-32(4)5/h9-14,16,20-22,28,31,34H,6-8,15,17-19H2,1-5H3/t20-,21+,22+,28-/m1/s1. The van der Waals surface area contributed by atoms with Gasteiger partial charge in [0.1, 0.15) is 5.75 Å². The SMILES string of the molecule is C[C@@H]1CN([C@@H](C)CO)C(=O)c2cc(NS(=O)(=O)c3ccc(Cl)cc3)ccc2O[C@@H](C)CCCCO[C@@H]1CN(C)C. The minimum atomic E-state index is -3.93. The second kappa shape index (κ2) is 14.5. The second-order valence-corrected chi connectivity index (χ2v) is 13.0. The first kappa shape index (κ1) is 32.1. The van der Waals surface area contributed by atoms with Crippen LogP contribution < -0.4 is 9.46 Å². The fraction of sp³-hybridized carbons (Fsp3) is 0.552. The Labute approximate surface area is 243 Å². The number of aliphatic hydroxyl groups is 1. The summed E-state index contributed by atoms with van der Waals surface area (Å²) in [6.07, 6.45) is 2.28. The predicted octanol–water partition coefficient (Wildman–Crippen LogP) is 4.50. The largest absolute Gasteiger partial charge is 0.490 e. The Balaban J connectivity index is 2.02. The molecular formula is C29H42ClN3O6S. The Hall–Kier alpha value is -2.37. The van der Waals surface area contributed by atoms with Crippen LogP contribution in [0.2, 0.25) is 5.02 Å². The number of amides is 1. The van der Waals surface area contributed by atoms with Gasteiger partial charge in [0.2, 0.25) is 0 Å². The summed E-state index contributed by atoms with van der Waals surface area (Å²) in [6, 6.07) is 10.1. The van der Waals surface area contributed by atoms with E-state index in [1.807, 2.05) is 27.9 Å². The van der Waals surface area contributed by atoms with Gasteiger partial charge in [-0.3, -0.25) is 9.52 Å². The van der Waals surface area contributed by atoms with Crippen molar-refractivity contribution in [2.45, 2.75) is 63.2 Å². The van der Waals surface area contributed by atoms with Crippen molar-refractivity contribution < 1.29 is 27.8 Å². The van der Waals surface area contributed by atoms with Crippen LogP contribution >= 0.6 is 11.6 Å². The summed E-state index contributed by atoms with van der Waals surface area (Å²) in [7, 11) is 0.0459. The van der Waals surface area contributed by atoms with Gasteiger partial charge in [0.05, 0.1) is 35.3 Å². The number of hydrogen-bond acceptors (Lipinski definition) is 7. The van der Waals surface area contributed by atoms with Gasteiger partial charge in [-0.1, -0.05) is 18.5 Å². The molecule has 0 unspecified atom stereocenters. The zero-order valence-electron chi connectivity index (χ0n) is 24.0. The number of halogens is 1. The van der Waals surface area contributed by atoms with Crippen LogP contribution in [0.3, 0.4) is 0 Å². The number of hydrogen-bond donors (Lipinski definition) is 2. The molecule has 9 nitrogen and oxygen atoms in total. The molecule has 1 heterocycles. The van der Waals surface area contributed by atoms with Gasteiger partial charge in [-0.2, -0.15) is 0 Å². The predicted molar refractivity (Wildman–Crippen MR) is 158 cm³/mol. The van der Waals surface area contributed by atoms with Crippen molar-refractivity contribution in [3.05, 3.63) is 53.1 Å². The fourth-order valence-electron chi connectivity index (χ4n) is 4.64. The summed E-state index contributed by atoms with van der Waals surface area (Å²) in [6.45, 7) is 7.20. The molecular weight excluding hydrogens is 554 g/mol. The molecule has 222 valence electrons. The Kier molecular flexibility index (Phi) is 11.7. The Bertz CT molecular complexity index is 1220. The minimum absolute atomic E-state index is 0.0295. The van der Waals surface area contributed by atoms with Crippen molar-refractivity contribution in [2.24, 2.45) is 5.92 Å². The number of sulfonamides is 1. The lowest BCUT2D eigenvalue weighted by molar-refractivity contribution is -0.0137. The van der Waals surface area contributed by atoms with E-state index in [1.165, 1.54) is 30.3 Å². The molecule has 4 atom stereocenters. The van der Waals surface area contributed by atoms with Crippen LogP contribution in [-0.4, -0.2) is 87.9 Å². The summed E-state index contributed by atoms with van der Waals surface area (Å²) in [5.41, 5.74) is 0.440. The van der Waals surface area contributed by atoms with Crippen molar-refractivity contribution in [3.8, 4) is 5.75 Å². The van der Waals surface area contributed by atoms with E-state index < -0.39 is 16.1 Å². The molecule has 3 rings (SSSR count). The summed E-state index contributed by atoms with van der Waals surface area (Å²) in [5.74, 6) is -0.0186. The summed E-state index contributed by atoms with van der Waals surface area (Å²) < 4.78 is 41.1. The first-order chi connectivity index (χ1) is 18.9. The molecule has 0 fully saturated rings. The molecule has 0 aliphatic carbocycles. The van der Waals surface area contributed by atoms with Crippen LogP contribution in [0.1, 0.15) is 50.4 Å². The van der Waals surface area contributed by atoms with Crippen molar-refractivity contribution in [1.82, 2.24) is 9.80 Å². The maximum atomic E-state index is 14.1. The van der Waals surface area contributed by atoms with Crippen LogP contribution in [-0.2, 0) is 14.8 Å². The molecule has 0 saturated carbocycles. The number of likely N-dealkylation sites (N-methyl/N-ethyl adjacent to an activating group) is 1. The lowest BCUT2D eigenvalue weighted by Gasteiger charge is -2.35. The zero-order chi connectivity index (χ0) is 29.4. The maximum absolute atomic E-state index is 14.1. The Morgan fingerprint density at radius 3 is 2.50 bits per heavy atom. The molecule has 2 N–H and O–H groups in total. The van der Waals surface area contributed by atoms with Crippen molar-refractivity contribution in [1.29, 1.82) is 0 Å². The van der Waals surface area contributed by atoms with E-state index in [-0.39, 0.29) is 46.8 Å². The highest BCUT2D eigenvalue weighted by Crippen LogP contribution is 2.29. The maximum Gasteiger partial charge on any atom is 0.261 e. The number of aliphatic hydroxyl groups excluding tert-OH is 1. The first-order valence-electron chi connectivity index (χ1n) is 13.7. The lowest BCUT2D eigenvalue weighted by Crippen LogP contribution is -2.47. The number of carbonyl (C=O) groups is 1. The van der Waals surface area contributed by atoms with Crippen LogP contribution in [0, 0.1) is 5.92 Å². The van der Waals surface area contributed by atoms with E-state index in [9.17, 15) is 18.3 Å². The van der Waals surface area contributed by atoms with E-state index in [4.69, 9.17) is 21.1 Å². The van der Waals surface area contributed by atoms with E-state index in [0.29, 0.717) is 30.5 Å². The molecule has 1 aliphatic rings. The highest BCUT2D eigenvalue weighted by Gasteiger charge is 2.30. The number of benzene rings is 2. The van der Waals surface area contributed by atoms with Crippen molar-refractivity contribution in [3.63, 3.8) is 0 Å². The molecule has 40 heavy (non-hydrogen) atoms. The van der Waals surface area contributed by atoms with Crippen LogP contribution in [0.5, 0.6) is 5.75 Å². The van der Waals surface area contributed by atoms with E-state index in [0.717, 1.165) is 19.3 Å². The monoisotopic (exact) mass is 595 g/mol. The van der Waals surface area contributed by atoms with Crippen molar-refractivity contribution in [2.75, 3.05) is 45.1 Å². The molecule has 1 aliphatic heterocycles. The average molecular weight is 596 g/mol. The number of carbonyl (C=O) groups excluding carboxylic acids is 1. The second-order valence-electron chi connectivity index (χ2n) is 10.8. The highest BCUT2D eigenvalue weighted by molar-refractivity contribution is 7.92. The molecule has 11 heteroatoms. The molecule has 2 aromatic carbocycles. The third kappa shape index (κ3) is 8.81. The van der Waals surface area contributed by atoms with Gasteiger partial charge in [0.25, 0.3) is 15.9 Å². The van der Waals surface area contributed by atoms with Crippen molar-refractivity contribution >= 4 is 33.2 Å². The van der Waals surface area contributed by atoms with E-state index in [1.54, 1.807) is 24.0 Å². The third-order valence-electron chi connectivity index (χ3n) is 6.97. The van der Waals surface area contributed by atoms with Crippen LogP contribution in [0.25, 0.3) is 0 Å². The number of anilines is 1. The van der Waals surface area contributed by atoms with Gasteiger partial charge in [-0.25, -0.2) is 8.42 Å². The molecule has 0 spiro atoms. The number of fused-ring (bicyclic) bond motifs is 1. The van der Waals surface area contributed by atoms with Crippen LogP contribution in [0.15, 0.2) is 47.4 Å². The molecule has 2 aromatic rings. The van der Waals surface area contributed by atoms with Gasteiger partial charge in [-0.15, -0.1) is 0 Å². The summed E-state index contributed by atoms with van der Waals surface area (Å²) in [4.78, 5) is 17.8. The Morgan fingerprint density at radius 2 is 1.85 bits per heavy atom. The average Bonchev–Trinajstić information content (AvgIpc) is 2.90. The van der Waals surface area contributed by atoms with E-state index >= 15 is 0 Å². The molecule has 0 bridgehead atoms. The zero-order valence-corrected chi connectivity index (χ0v) is 25.5. The molecule has 0 aromatic heterocycles. The van der Waals surface area contributed by atoms with Gasteiger partial charge >= 0.3 is 0 Å². The van der Waals surface area contributed by atoms with Crippen LogP contribution in [0.4, 0.5) is 5.69 Å². The van der Waals surface area contributed by atoms with Gasteiger partial charge < -0.3 is 24.4 Å². The van der Waals surface area contributed by atoms with Gasteiger partial charge in [0, 0.05) is 36.3 Å². The summed E-state index contributed by atoms with van der Waals surface area (Å²) >= 11 is 5.92.